The molecule has 0 bridgehead atoms. The van der Waals surface area contributed by atoms with Crippen LogP contribution in [0.3, 0.4) is 0 Å². The van der Waals surface area contributed by atoms with Crippen molar-refractivity contribution in [1.82, 2.24) is 0 Å². The summed E-state index contributed by atoms with van der Waals surface area (Å²) in [5.74, 6) is -0.856. The van der Waals surface area contributed by atoms with Crippen molar-refractivity contribution in [3.8, 4) is 0 Å². The van der Waals surface area contributed by atoms with Crippen LogP contribution in [-0.4, -0.2) is 17.3 Å². The molecule has 3 rings (SSSR count). The Morgan fingerprint density at radius 1 is 1.24 bits per heavy atom. The first-order chi connectivity index (χ1) is 8.09. The molecule has 0 spiro atoms. The molecule has 0 radical (unpaired) electrons. The van der Waals surface area contributed by atoms with Gasteiger partial charge in [-0.1, -0.05) is 0 Å². The highest BCUT2D eigenvalue weighted by Gasteiger charge is 2.35. The van der Waals surface area contributed by atoms with E-state index in [1.165, 1.54) is 24.3 Å². The molecule has 5 heteroatoms. The maximum Gasteiger partial charge on any atom is 0.230 e. The van der Waals surface area contributed by atoms with Gasteiger partial charge in [0.05, 0.1) is 10.4 Å². The van der Waals surface area contributed by atoms with Gasteiger partial charge in [-0.2, -0.15) is 0 Å². The fourth-order valence-electron chi connectivity index (χ4n) is 1.81. The van der Waals surface area contributed by atoms with Crippen molar-refractivity contribution >= 4 is 28.7 Å². The fourth-order valence-corrected chi connectivity index (χ4v) is 2.66. The zero-order valence-corrected chi connectivity index (χ0v) is 9.59. The van der Waals surface area contributed by atoms with E-state index in [1.54, 1.807) is 11.4 Å². The van der Waals surface area contributed by atoms with Crippen LogP contribution in [0, 0.1) is 0 Å². The van der Waals surface area contributed by atoms with Gasteiger partial charge in [-0.25, -0.2) is 0 Å². The normalized spacial score (nSPS) is 13.5. The molecular formula is C12H6O4S. The average Bonchev–Trinajstić information content (AvgIpc) is 2.92. The second-order valence-corrected chi connectivity index (χ2v) is 4.65. The molecule has 0 amide bonds. The van der Waals surface area contributed by atoms with Gasteiger partial charge in [0.1, 0.15) is 0 Å². The molecule has 1 aliphatic carbocycles. The summed E-state index contributed by atoms with van der Waals surface area (Å²) < 4.78 is 5.16. The molecule has 1 aliphatic rings. The Morgan fingerprint density at radius 2 is 2.00 bits per heavy atom. The minimum absolute atomic E-state index is 0.0221. The number of carbonyl (C=O) groups excluding carboxylic acids is 3. The molecule has 84 valence electrons. The van der Waals surface area contributed by atoms with Crippen molar-refractivity contribution in [1.29, 1.82) is 0 Å². The molecule has 2 heterocycles. The van der Waals surface area contributed by atoms with Gasteiger partial charge in [-0.05, 0) is 17.5 Å². The van der Waals surface area contributed by atoms with E-state index in [9.17, 15) is 14.4 Å². The first-order valence-corrected chi connectivity index (χ1v) is 5.79. The van der Waals surface area contributed by atoms with E-state index < -0.39 is 0 Å². The molecule has 0 fully saturated rings. The smallest absolute Gasteiger partial charge is 0.230 e. The van der Waals surface area contributed by atoms with Crippen molar-refractivity contribution in [3.05, 3.63) is 45.0 Å². The summed E-state index contributed by atoms with van der Waals surface area (Å²) in [7, 11) is 0. The second kappa shape index (κ2) is 3.24. The molecule has 0 aromatic carbocycles. The number of fused-ring (bicyclic) bond motifs is 2. The SMILES string of the molecule is CC(=O)c1cc2c(o1)C(=O)c1ccsc1C2=O. The van der Waals surface area contributed by atoms with Gasteiger partial charge in [0, 0.05) is 12.5 Å². The Kier molecular flexibility index (Phi) is 1.94. The van der Waals surface area contributed by atoms with E-state index in [4.69, 9.17) is 4.42 Å². The summed E-state index contributed by atoms with van der Waals surface area (Å²) in [6.45, 7) is 1.33. The minimum Gasteiger partial charge on any atom is -0.449 e. The minimum atomic E-state index is -0.330. The highest BCUT2D eigenvalue weighted by atomic mass is 32.1. The summed E-state index contributed by atoms with van der Waals surface area (Å²) in [5.41, 5.74) is 0.548. The molecule has 0 saturated carbocycles. The lowest BCUT2D eigenvalue weighted by Crippen LogP contribution is -2.16. The quantitative estimate of drug-likeness (QED) is 0.618. The maximum atomic E-state index is 12.0. The summed E-state index contributed by atoms with van der Waals surface area (Å²) >= 11 is 1.22. The number of hydrogen-bond acceptors (Lipinski definition) is 5. The van der Waals surface area contributed by atoms with Crippen LogP contribution in [0.1, 0.15) is 48.8 Å². The van der Waals surface area contributed by atoms with E-state index in [0.29, 0.717) is 10.4 Å². The Morgan fingerprint density at radius 3 is 2.71 bits per heavy atom. The van der Waals surface area contributed by atoms with Crippen molar-refractivity contribution in [2.45, 2.75) is 6.92 Å². The van der Waals surface area contributed by atoms with Gasteiger partial charge < -0.3 is 4.42 Å². The van der Waals surface area contributed by atoms with Crippen LogP contribution in [0.25, 0.3) is 0 Å². The van der Waals surface area contributed by atoms with Gasteiger partial charge in [0.15, 0.2) is 17.3 Å². The summed E-state index contributed by atoms with van der Waals surface area (Å²) in [4.78, 5) is 35.6. The van der Waals surface area contributed by atoms with Gasteiger partial charge in [0.2, 0.25) is 11.6 Å². The van der Waals surface area contributed by atoms with E-state index in [-0.39, 0.29) is 34.4 Å². The van der Waals surface area contributed by atoms with E-state index >= 15 is 0 Å². The van der Waals surface area contributed by atoms with Gasteiger partial charge >= 0.3 is 0 Å². The van der Waals surface area contributed by atoms with Crippen LogP contribution in [-0.2, 0) is 0 Å². The summed E-state index contributed by atoms with van der Waals surface area (Å²) in [6.07, 6.45) is 0. The molecule has 0 unspecified atom stereocenters. The van der Waals surface area contributed by atoms with Crippen LogP contribution in [0.5, 0.6) is 0 Å². The number of rotatable bonds is 1. The lowest BCUT2D eigenvalue weighted by molar-refractivity contribution is 0.0949. The molecule has 2 aromatic heterocycles. The molecule has 0 saturated heterocycles. The highest BCUT2D eigenvalue weighted by Crippen LogP contribution is 2.32. The molecule has 17 heavy (non-hydrogen) atoms. The zero-order valence-electron chi connectivity index (χ0n) is 8.77. The third-order valence-corrected chi connectivity index (χ3v) is 3.56. The van der Waals surface area contributed by atoms with Crippen molar-refractivity contribution in [2.75, 3.05) is 0 Å². The van der Waals surface area contributed by atoms with Crippen LogP contribution >= 0.6 is 11.3 Å². The molecule has 4 nitrogen and oxygen atoms in total. The molecule has 0 atom stereocenters. The van der Waals surface area contributed by atoms with Gasteiger partial charge in [0.25, 0.3) is 0 Å². The topological polar surface area (TPSA) is 64.3 Å². The monoisotopic (exact) mass is 246 g/mol. The lowest BCUT2D eigenvalue weighted by Gasteiger charge is -2.07. The Hall–Kier alpha value is -2.01. The standard InChI is InChI=1S/C12H6O4S/c1-5(13)8-4-7-10(15)12-6(2-3-17-12)9(14)11(7)16-8/h2-4H,1H3. The maximum absolute atomic E-state index is 12.0. The zero-order chi connectivity index (χ0) is 12.2. The second-order valence-electron chi connectivity index (χ2n) is 3.73. The van der Waals surface area contributed by atoms with Crippen molar-refractivity contribution in [3.63, 3.8) is 0 Å². The molecule has 0 N–H and O–H groups in total. The number of Topliss-reactive ketones (excluding diaryl/α,β-unsaturated/α-hetero) is 1. The van der Waals surface area contributed by atoms with E-state index in [2.05, 4.69) is 0 Å². The van der Waals surface area contributed by atoms with Gasteiger partial charge in [-0.3, -0.25) is 14.4 Å². The highest BCUT2D eigenvalue weighted by molar-refractivity contribution is 7.12. The Bertz CT molecular complexity index is 626. The molecule has 0 aliphatic heterocycles. The molecular weight excluding hydrogens is 240 g/mol. The number of carbonyl (C=O) groups is 3. The number of furan rings is 1. The number of hydrogen-bond donors (Lipinski definition) is 0. The van der Waals surface area contributed by atoms with Crippen LogP contribution in [0.15, 0.2) is 21.9 Å². The molecule has 2 aromatic rings. The summed E-state index contributed by atoms with van der Waals surface area (Å²) in [5, 5.41) is 1.69. The van der Waals surface area contributed by atoms with E-state index in [0.717, 1.165) is 0 Å². The summed E-state index contributed by atoms with van der Waals surface area (Å²) in [6, 6.07) is 2.94. The average molecular weight is 246 g/mol. The van der Waals surface area contributed by atoms with Crippen LogP contribution in [0.2, 0.25) is 0 Å². The first-order valence-electron chi connectivity index (χ1n) is 4.91. The third-order valence-electron chi connectivity index (χ3n) is 2.65. The Labute approximate surface area is 99.9 Å². The van der Waals surface area contributed by atoms with Gasteiger partial charge in [-0.15, -0.1) is 11.3 Å². The number of ketones is 3. The third kappa shape index (κ3) is 1.26. The van der Waals surface area contributed by atoms with E-state index in [1.807, 2.05) is 0 Å². The fraction of sp³-hybridized carbons (Fsp3) is 0.0833. The van der Waals surface area contributed by atoms with Crippen molar-refractivity contribution in [2.24, 2.45) is 0 Å². The number of thiophene rings is 1. The Balaban J connectivity index is 2.27. The largest absolute Gasteiger partial charge is 0.449 e. The predicted molar refractivity (Wildman–Crippen MR) is 59.9 cm³/mol. The first kappa shape index (κ1) is 10.2. The van der Waals surface area contributed by atoms with Crippen LogP contribution in [0.4, 0.5) is 0 Å². The van der Waals surface area contributed by atoms with Crippen molar-refractivity contribution < 1.29 is 18.8 Å². The van der Waals surface area contributed by atoms with Crippen LogP contribution < -0.4 is 0 Å². The predicted octanol–water partition coefficient (Wildman–Crippen LogP) is 2.32. The lowest BCUT2D eigenvalue weighted by atomic mass is 9.95.